The molecule has 1 aromatic heterocycles. The van der Waals surface area contributed by atoms with Crippen LogP contribution in [0.4, 0.5) is 11.4 Å². The molecule has 0 aliphatic heterocycles. The van der Waals surface area contributed by atoms with Gasteiger partial charge in [-0.05, 0) is 42.1 Å². The third kappa shape index (κ3) is 4.26. The molecule has 0 fully saturated rings. The van der Waals surface area contributed by atoms with E-state index in [1.165, 1.54) is 18.1 Å². The van der Waals surface area contributed by atoms with Crippen LogP contribution in [0.5, 0.6) is 5.75 Å². The standard InChI is InChI=1S/C15H12BrN5O5S2/c1-20-8-17-18-15(20)27-14-5-2-9(16)6-11(14)19-28(25,26)10-3-4-13(22)12(7-10)21(23)24/h2-8,19,22H,1H3. The lowest BCUT2D eigenvalue weighted by Gasteiger charge is -2.13. The number of nitro groups is 1. The number of benzene rings is 2. The van der Waals surface area contributed by atoms with Crippen molar-refractivity contribution in [3.05, 3.63) is 57.3 Å². The van der Waals surface area contributed by atoms with Crippen molar-refractivity contribution >= 4 is 49.1 Å². The Balaban J connectivity index is 1.98. The molecule has 0 unspecified atom stereocenters. The van der Waals surface area contributed by atoms with E-state index in [0.29, 0.717) is 14.5 Å². The molecule has 0 amide bonds. The van der Waals surface area contributed by atoms with Crippen LogP contribution in [0.1, 0.15) is 0 Å². The third-order valence-electron chi connectivity index (χ3n) is 3.51. The van der Waals surface area contributed by atoms with Crippen molar-refractivity contribution in [3.8, 4) is 5.75 Å². The van der Waals surface area contributed by atoms with E-state index in [1.54, 1.807) is 29.8 Å². The Labute approximate surface area is 171 Å². The van der Waals surface area contributed by atoms with Gasteiger partial charge in [0.1, 0.15) is 6.33 Å². The molecule has 0 saturated heterocycles. The first-order chi connectivity index (χ1) is 13.2. The first kappa shape index (κ1) is 20.1. The second kappa shape index (κ2) is 7.77. The summed E-state index contributed by atoms with van der Waals surface area (Å²) < 4.78 is 30.2. The van der Waals surface area contributed by atoms with E-state index in [1.807, 2.05) is 0 Å². The van der Waals surface area contributed by atoms with Crippen LogP contribution in [0.3, 0.4) is 0 Å². The number of aryl methyl sites for hydroxylation is 1. The van der Waals surface area contributed by atoms with Crippen LogP contribution >= 0.6 is 27.7 Å². The van der Waals surface area contributed by atoms with Crippen molar-refractivity contribution in [2.24, 2.45) is 7.05 Å². The number of nitro benzene ring substituents is 1. The molecule has 0 aliphatic carbocycles. The highest BCUT2D eigenvalue weighted by atomic mass is 79.9. The lowest BCUT2D eigenvalue weighted by Crippen LogP contribution is -2.14. The maximum Gasteiger partial charge on any atom is 0.312 e. The van der Waals surface area contributed by atoms with E-state index in [-0.39, 0.29) is 10.6 Å². The molecule has 0 aliphatic rings. The second-order valence-corrected chi connectivity index (χ2v) is 9.09. The first-order valence-electron chi connectivity index (χ1n) is 7.49. The molecule has 2 aromatic carbocycles. The minimum absolute atomic E-state index is 0.248. The fourth-order valence-electron chi connectivity index (χ4n) is 2.15. The molecule has 0 spiro atoms. The molecule has 3 rings (SSSR count). The zero-order chi connectivity index (χ0) is 20.5. The van der Waals surface area contributed by atoms with Gasteiger partial charge in [-0.15, -0.1) is 10.2 Å². The van der Waals surface area contributed by atoms with E-state index in [9.17, 15) is 23.6 Å². The summed E-state index contributed by atoms with van der Waals surface area (Å²) in [4.78, 5) is 10.3. The number of nitrogens with one attached hydrogen (secondary N) is 1. The van der Waals surface area contributed by atoms with Crippen LogP contribution in [0, 0.1) is 10.1 Å². The number of hydrogen-bond donors (Lipinski definition) is 2. The van der Waals surface area contributed by atoms with Crippen LogP contribution in [-0.4, -0.2) is 33.2 Å². The number of aromatic nitrogens is 3. The summed E-state index contributed by atoms with van der Waals surface area (Å²) in [5, 5.41) is 28.8. The van der Waals surface area contributed by atoms with Gasteiger partial charge in [0.05, 0.1) is 15.5 Å². The van der Waals surface area contributed by atoms with Crippen molar-refractivity contribution in [2.45, 2.75) is 14.9 Å². The minimum Gasteiger partial charge on any atom is -0.502 e. The fourth-order valence-corrected chi connectivity index (χ4v) is 4.50. The lowest BCUT2D eigenvalue weighted by atomic mass is 10.3. The predicted octanol–water partition coefficient (Wildman–Crippen LogP) is 3.14. The van der Waals surface area contributed by atoms with Gasteiger partial charge in [-0.1, -0.05) is 15.9 Å². The molecule has 28 heavy (non-hydrogen) atoms. The number of hydrogen-bond acceptors (Lipinski definition) is 8. The molecule has 0 atom stereocenters. The number of anilines is 1. The Morgan fingerprint density at radius 1 is 1.29 bits per heavy atom. The molecular weight excluding hydrogens is 474 g/mol. The number of sulfonamides is 1. The quantitative estimate of drug-likeness (QED) is 0.400. The van der Waals surface area contributed by atoms with E-state index in [2.05, 4.69) is 30.8 Å². The Kier molecular flexibility index (Phi) is 5.58. The predicted molar refractivity (Wildman–Crippen MR) is 105 cm³/mol. The third-order valence-corrected chi connectivity index (χ3v) is 6.50. The lowest BCUT2D eigenvalue weighted by molar-refractivity contribution is -0.386. The van der Waals surface area contributed by atoms with Gasteiger partial charge in [-0.3, -0.25) is 14.8 Å². The smallest absolute Gasteiger partial charge is 0.312 e. The van der Waals surface area contributed by atoms with Gasteiger partial charge in [0.15, 0.2) is 10.9 Å². The average Bonchev–Trinajstić information content (AvgIpc) is 3.01. The highest BCUT2D eigenvalue weighted by molar-refractivity contribution is 9.10. The topological polar surface area (TPSA) is 140 Å². The number of aromatic hydroxyl groups is 1. The van der Waals surface area contributed by atoms with Gasteiger partial charge in [0.25, 0.3) is 10.0 Å². The van der Waals surface area contributed by atoms with Gasteiger partial charge in [0.2, 0.25) is 0 Å². The number of rotatable bonds is 6. The number of nitrogens with zero attached hydrogens (tertiary/aromatic N) is 4. The summed E-state index contributed by atoms with van der Waals surface area (Å²) in [5.41, 5.74) is -0.455. The van der Waals surface area contributed by atoms with Crippen molar-refractivity contribution in [2.75, 3.05) is 4.72 Å². The summed E-state index contributed by atoms with van der Waals surface area (Å²) in [6.07, 6.45) is 1.51. The average molecular weight is 486 g/mol. The highest BCUT2D eigenvalue weighted by Crippen LogP contribution is 2.36. The van der Waals surface area contributed by atoms with E-state index in [0.717, 1.165) is 18.2 Å². The van der Waals surface area contributed by atoms with Crippen LogP contribution in [0.2, 0.25) is 0 Å². The minimum atomic E-state index is -4.16. The summed E-state index contributed by atoms with van der Waals surface area (Å²) in [6.45, 7) is 0. The van der Waals surface area contributed by atoms with Crippen molar-refractivity contribution in [1.82, 2.24) is 14.8 Å². The highest BCUT2D eigenvalue weighted by Gasteiger charge is 2.22. The van der Waals surface area contributed by atoms with Crippen molar-refractivity contribution in [3.63, 3.8) is 0 Å². The molecule has 1 heterocycles. The zero-order valence-electron chi connectivity index (χ0n) is 14.1. The van der Waals surface area contributed by atoms with Crippen LogP contribution in [0.15, 0.2) is 62.1 Å². The molecule has 2 N–H and O–H groups in total. The van der Waals surface area contributed by atoms with Crippen LogP contribution < -0.4 is 4.72 Å². The van der Waals surface area contributed by atoms with E-state index < -0.39 is 26.4 Å². The van der Waals surface area contributed by atoms with Gasteiger partial charge in [-0.25, -0.2) is 8.42 Å². The number of phenols is 1. The summed E-state index contributed by atoms with van der Waals surface area (Å²) in [7, 11) is -2.41. The molecule has 10 nitrogen and oxygen atoms in total. The second-order valence-electron chi connectivity index (χ2n) is 5.48. The number of halogens is 1. The Morgan fingerprint density at radius 2 is 2.04 bits per heavy atom. The summed E-state index contributed by atoms with van der Waals surface area (Å²) in [5.74, 6) is -0.620. The Hall–Kier alpha value is -2.64. The van der Waals surface area contributed by atoms with Crippen molar-refractivity contribution < 1.29 is 18.4 Å². The molecule has 0 bridgehead atoms. The Morgan fingerprint density at radius 3 is 2.68 bits per heavy atom. The summed E-state index contributed by atoms with van der Waals surface area (Å²) in [6, 6.07) is 7.83. The monoisotopic (exact) mass is 485 g/mol. The molecule has 3 aromatic rings. The summed E-state index contributed by atoms with van der Waals surface area (Å²) >= 11 is 4.49. The van der Waals surface area contributed by atoms with Crippen LogP contribution in [-0.2, 0) is 17.1 Å². The zero-order valence-corrected chi connectivity index (χ0v) is 17.3. The van der Waals surface area contributed by atoms with Crippen LogP contribution in [0.25, 0.3) is 0 Å². The molecule has 13 heteroatoms. The normalized spacial score (nSPS) is 11.4. The van der Waals surface area contributed by atoms with Gasteiger partial charge in [0, 0.05) is 22.5 Å². The van der Waals surface area contributed by atoms with E-state index in [4.69, 9.17) is 0 Å². The molecule has 0 saturated carbocycles. The SMILES string of the molecule is Cn1cnnc1Sc1ccc(Br)cc1NS(=O)(=O)c1ccc(O)c([N+](=O)[O-])c1. The van der Waals surface area contributed by atoms with Gasteiger partial charge in [-0.2, -0.15) is 0 Å². The molecular formula is C15H12BrN5O5S2. The largest absolute Gasteiger partial charge is 0.502 e. The van der Waals surface area contributed by atoms with Gasteiger partial charge < -0.3 is 9.67 Å². The fraction of sp³-hybridized carbons (Fsp3) is 0.0667. The van der Waals surface area contributed by atoms with Gasteiger partial charge >= 0.3 is 5.69 Å². The Bertz CT molecular complexity index is 1170. The maximum atomic E-state index is 12.7. The maximum absolute atomic E-state index is 12.7. The number of phenolic OH excluding ortho intramolecular Hbond substituents is 1. The van der Waals surface area contributed by atoms with Crippen molar-refractivity contribution in [1.29, 1.82) is 0 Å². The first-order valence-corrected chi connectivity index (χ1v) is 10.6. The molecule has 146 valence electrons. The van der Waals surface area contributed by atoms with E-state index >= 15 is 0 Å². The molecule has 0 radical (unpaired) electrons.